The standard InChI is InChI=1S/C33H48O/c1-3-8-26-13-15-29(16-14-26)30-17-19-31(20-18-30)32-21-23-33(24-22-32)34-25-7-12-28-11-6-5-10-27(28)9-4-2/h17-24,26-29H,3-16,25H2,1-2H3. The Hall–Kier alpha value is -1.76. The van der Waals surface area contributed by atoms with Gasteiger partial charge < -0.3 is 4.74 Å². The number of benzene rings is 2. The lowest BCUT2D eigenvalue weighted by Gasteiger charge is -2.31. The van der Waals surface area contributed by atoms with Crippen molar-refractivity contribution in [2.45, 2.75) is 110 Å². The van der Waals surface area contributed by atoms with Crippen LogP contribution in [0.4, 0.5) is 0 Å². The maximum Gasteiger partial charge on any atom is 0.119 e. The Labute approximate surface area is 209 Å². The summed E-state index contributed by atoms with van der Waals surface area (Å²) in [7, 11) is 0. The molecule has 0 spiro atoms. The molecule has 2 unspecified atom stereocenters. The third-order valence-corrected chi connectivity index (χ3v) is 8.83. The predicted molar refractivity (Wildman–Crippen MR) is 147 cm³/mol. The quantitative estimate of drug-likeness (QED) is 0.303. The highest BCUT2D eigenvalue weighted by Gasteiger charge is 2.24. The van der Waals surface area contributed by atoms with Crippen LogP contribution in [-0.4, -0.2) is 6.61 Å². The van der Waals surface area contributed by atoms with E-state index >= 15 is 0 Å². The first kappa shape index (κ1) is 25.3. The van der Waals surface area contributed by atoms with Gasteiger partial charge in [-0.2, -0.15) is 0 Å². The molecular weight excluding hydrogens is 412 g/mol. The minimum Gasteiger partial charge on any atom is -0.494 e. The van der Waals surface area contributed by atoms with E-state index in [0.29, 0.717) is 0 Å². The molecule has 186 valence electrons. The molecule has 1 nitrogen and oxygen atoms in total. The van der Waals surface area contributed by atoms with Crippen molar-refractivity contribution in [3.63, 3.8) is 0 Å². The smallest absolute Gasteiger partial charge is 0.119 e. The molecule has 0 saturated heterocycles. The fourth-order valence-corrected chi connectivity index (χ4v) is 6.83. The van der Waals surface area contributed by atoms with Crippen LogP contribution < -0.4 is 4.74 Å². The topological polar surface area (TPSA) is 9.23 Å². The fourth-order valence-electron chi connectivity index (χ4n) is 6.83. The fraction of sp³-hybridized carbons (Fsp3) is 0.636. The summed E-state index contributed by atoms with van der Waals surface area (Å²) in [5.74, 6) is 4.67. The molecule has 0 N–H and O–H groups in total. The van der Waals surface area contributed by atoms with Gasteiger partial charge in [-0.25, -0.2) is 0 Å². The maximum atomic E-state index is 6.11. The van der Waals surface area contributed by atoms with Crippen LogP contribution in [0.25, 0.3) is 11.1 Å². The van der Waals surface area contributed by atoms with E-state index in [2.05, 4.69) is 62.4 Å². The SMILES string of the molecule is CCCC1CCC(c2ccc(-c3ccc(OCCCC4CCCCC4CCC)cc3)cc2)CC1. The van der Waals surface area contributed by atoms with Crippen LogP contribution in [0.2, 0.25) is 0 Å². The van der Waals surface area contributed by atoms with Gasteiger partial charge in [0, 0.05) is 0 Å². The third kappa shape index (κ3) is 7.12. The van der Waals surface area contributed by atoms with Crippen molar-refractivity contribution in [2.75, 3.05) is 6.61 Å². The highest BCUT2D eigenvalue weighted by molar-refractivity contribution is 5.64. The highest BCUT2D eigenvalue weighted by Crippen LogP contribution is 2.38. The van der Waals surface area contributed by atoms with Gasteiger partial charge in [-0.3, -0.25) is 0 Å². The van der Waals surface area contributed by atoms with E-state index in [1.165, 1.54) is 107 Å². The predicted octanol–water partition coefficient (Wildman–Crippen LogP) is 10.2. The molecule has 0 heterocycles. The minimum absolute atomic E-state index is 0.767. The van der Waals surface area contributed by atoms with Crippen LogP contribution in [0, 0.1) is 17.8 Å². The van der Waals surface area contributed by atoms with E-state index in [4.69, 9.17) is 4.74 Å². The Morgan fingerprint density at radius 2 is 1.24 bits per heavy atom. The number of ether oxygens (including phenoxy) is 1. The summed E-state index contributed by atoms with van der Waals surface area (Å²) in [6, 6.07) is 18.1. The molecular formula is C33H48O. The first-order valence-corrected chi connectivity index (χ1v) is 14.6. The number of rotatable bonds is 11. The second-order valence-electron chi connectivity index (χ2n) is 11.2. The van der Waals surface area contributed by atoms with E-state index in [9.17, 15) is 0 Å². The molecule has 0 radical (unpaired) electrons. The molecule has 0 bridgehead atoms. The Morgan fingerprint density at radius 1 is 0.647 bits per heavy atom. The maximum absolute atomic E-state index is 6.11. The molecule has 2 saturated carbocycles. The van der Waals surface area contributed by atoms with Crippen LogP contribution in [0.1, 0.15) is 115 Å². The lowest BCUT2D eigenvalue weighted by atomic mass is 9.75. The normalized spacial score (nSPS) is 25.2. The molecule has 1 heteroatoms. The minimum atomic E-state index is 0.767. The first-order chi connectivity index (χ1) is 16.8. The number of hydrogen-bond donors (Lipinski definition) is 0. The molecule has 0 aliphatic heterocycles. The van der Waals surface area contributed by atoms with Gasteiger partial charge in [-0.05, 0) is 91.0 Å². The Kier molecular flexibility index (Phi) is 9.96. The molecule has 2 aliphatic rings. The molecule has 2 atom stereocenters. The summed E-state index contributed by atoms with van der Waals surface area (Å²) >= 11 is 0. The zero-order valence-electron chi connectivity index (χ0n) is 21.9. The Balaban J connectivity index is 1.22. The molecule has 0 amide bonds. The molecule has 34 heavy (non-hydrogen) atoms. The van der Waals surface area contributed by atoms with E-state index in [1.54, 1.807) is 0 Å². The zero-order chi connectivity index (χ0) is 23.6. The van der Waals surface area contributed by atoms with Gasteiger partial charge in [0.25, 0.3) is 0 Å². The zero-order valence-corrected chi connectivity index (χ0v) is 21.9. The van der Waals surface area contributed by atoms with E-state index < -0.39 is 0 Å². The summed E-state index contributed by atoms with van der Waals surface area (Å²) in [5.41, 5.74) is 4.14. The average Bonchev–Trinajstić information content (AvgIpc) is 2.89. The van der Waals surface area contributed by atoms with Crippen molar-refractivity contribution >= 4 is 0 Å². The van der Waals surface area contributed by atoms with Gasteiger partial charge in [0.1, 0.15) is 5.75 Å². The van der Waals surface area contributed by atoms with Gasteiger partial charge in [-0.1, -0.05) is 102 Å². The Morgan fingerprint density at radius 3 is 1.85 bits per heavy atom. The second-order valence-corrected chi connectivity index (χ2v) is 11.2. The van der Waals surface area contributed by atoms with Crippen molar-refractivity contribution in [3.8, 4) is 16.9 Å². The van der Waals surface area contributed by atoms with Gasteiger partial charge in [0.15, 0.2) is 0 Å². The van der Waals surface area contributed by atoms with Crippen LogP contribution in [0.3, 0.4) is 0 Å². The van der Waals surface area contributed by atoms with Crippen LogP contribution in [0.5, 0.6) is 5.75 Å². The van der Waals surface area contributed by atoms with Crippen LogP contribution in [-0.2, 0) is 0 Å². The summed E-state index contributed by atoms with van der Waals surface area (Å²) < 4.78 is 6.11. The van der Waals surface area contributed by atoms with Crippen molar-refractivity contribution in [3.05, 3.63) is 54.1 Å². The van der Waals surface area contributed by atoms with Crippen molar-refractivity contribution in [1.29, 1.82) is 0 Å². The van der Waals surface area contributed by atoms with Gasteiger partial charge >= 0.3 is 0 Å². The molecule has 4 rings (SSSR count). The van der Waals surface area contributed by atoms with Crippen molar-refractivity contribution in [2.24, 2.45) is 17.8 Å². The Bertz CT molecular complexity index is 811. The van der Waals surface area contributed by atoms with Crippen molar-refractivity contribution < 1.29 is 4.74 Å². The molecule has 2 aromatic carbocycles. The molecule has 2 fully saturated rings. The summed E-state index contributed by atoms with van der Waals surface area (Å²) in [5, 5.41) is 0. The summed E-state index contributed by atoms with van der Waals surface area (Å²) in [6.07, 6.45) is 19.4. The third-order valence-electron chi connectivity index (χ3n) is 8.83. The van der Waals surface area contributed by atoms with Gasteiger partial charge in [0.2, 0.25) is 0 Å². The lowest BCUT2D eigenvalue weighted by Crippen LogP contribution is -2.20. The second kappa shape index (κ2) is 13.4. The summed E-state index contributed by atoms with van der Waals surface area (Å²) in [4.78, 5) is 0. The van der Waals surface area contributed by atoms with Crippen LogP contribution in [0.15, 0.2) is 48.5 Å². The van der Waals surface area contributed by atoms with E-state index in [-0.39, 0.29) is 0 Å². The lowest BCUT2D eigenvalue weighted by molar-refractivity contribution is 0.193. The summed E-state index contributed by atoms with van der Waals surface area (Å²) in [6.45, 7) is 5.51. The van der Waals surface area contributed by atoms with Crippen molar-refractivity contribution in [1.82, 2.24) is 0 Å². The van der Waals surface area contributed by atoms with Gasteiger partial charge in [-0.15, -0.1) is 0 Å². The molecule has 2 aliphatic carbocycles. The highest BCUT2D eigenvalue weighted by atomic mass is 16.5. The van der Waals surface area contributed by atoms with E-state index in [1.807, 2.05) is 0 Å². The molecule has 0 aromatic heterocycles. The van der Waals surface area contributed by atoms with Gasteiger partial charge in [0.05, 0.1) is 6.61 Å². The number of hydrogen-bond acceptors (Lipinski definition) is 1. The monoisotopic (exact) mass is 460 g/mol. The first-order valence-electron chi connectivity index (χ1n) is 14.6. The largest absolute Gasteiger partial charge is 0.494 e. The average molecular weight is 461 g/mol. The molecule has 2 aromatic rings. The van der Waals surface area contributed by atoms with Crippen LogP contribution >= 0.6 is 0 Å². The van der Waals surface area contributed by atoms with E-state index in [0.717, 1.165) is 36.0 Å².